The zero-order valence-electron chi connectivity index (χ0n) is 12.9. The van der Waals surface area contributed by atoms with Crippen molar-refractivity contribution in [2.75, 3.05) is 13.1 Å². The van der Waals surface area contributed by atoms with Crippen LogP contribution in [0, 0.1) is 0 Å². The van der Waals surface area contributed by atoms with Crippen LogP contribution < -0.4 is 5.32 Å². The summed E-state index contributed by atoms with van der Waals surface area (Å²) in [6, 6.07) is 0.919. The summed E-state index contributed by atoms with van der Waals surface area (Å²) in [5.74, 6) is 0. The van der Waals surface area contributed by atoms with E-state index in [0.29, 0.717) is 12.1 Å². The Labute approximate surface area is 121 Å². The number of aliphatic hydroxyl groups excluding tert-OH is 1. The highest BCUT2D eigenvalue weighted by Gasteiger charge is 2.30. The molecule has 0 aromatic carbocycles. The molecule has 116 valence electrons. The lowest BCUT2D eigenvalue weighted by atomic mass is 9.88. The maximum atomic E-state index is 12.1. The molecule has 20 heavy (non-hydrogen) atoms. The van der Waals surface area contributed by atoms with E-state index in [2.05, 4.69) is 5.32 Å². The second kappa shape index (κ2) is 6.31. The van der Waals surface area contributed by atoms with E-state index in [1.165, 1.54) is 0 Å². The van der Waals surface area contributed by atoms with Gasteiger partial charge in [-0.3, -0.25) is 0 Å². The van der Waals surface area contributed by atoms with Gasteiger partial charge < -0.3 is 20.1 Å². The molecule has 0 spiro atoms. The van der Waals surface area contributed by atoms with Gasteiger partial charge in [0.15, 0.2) is 0 Å². The molecule has 2 fully saturated rings. The Balaban J connectivity index is 1.75. The summed E-state index contributed by atoms with van der Waals surface area (Å²) in [4.78, 5) is 13.9. The molecule has 1 heterocycles. The predicted molar refractivity (Wildman–Crippen MR) is 77.6 cm³/mol. The highest BCUT2D eigenvalue weighted by Crippen LogP contribution is 2.22. The van der Waals surface area contributed by atoms with Crippen LogP contribution >= 0.6 is 0 Å². The molecule has 5 nitrogen and oxygen atoms in total. The molecule has 2 aliphatic rings. The molecule has 1 aliphatic heterocycles. The average molecular weight is 284 g/mol. The van der Waals surface area contributed by atoms with Crippen molar-refractivity contribution in [3.63, 3.8) is 0 Å². The van der Waals surface area contributed by atoms with Crippen molar-refractivity contribution in [3.8, 4) is 0 Å². The molecule has 1 unspecified atom stereocenters. The van der Waals surface area contributed by atoms with Gasteiger partial charge in [0.1, 0.15) is 5.60 Å². The number of amides is 1. The number of hydrogen-bond donors (Lipinski definition) is 2. The molecule has 0 bridgehead atoms. The lowest BCUT2D eigenvalue weighted by Crippen LogP contribution is -2.48. The van der Waals surface area contributed by atoms with E-state index >= 15 is 0 Å². The zero-order valence-corrected chi connectivity index (χ0v) is 12.9. The van der Waals surface area contributed by atoms with Crippen molar-refractivity contribution in [1.29, 1.82) is 0 Å². The maximum Gasteiger partial charge on any atom is 0.410 e. The lowest BCUT2D eigenvalue weighted by Gasteiger charge is -2.35. The smallest absolute Gasteiger partial charge is 0.410 e. The Morgan fingerprint density at radius 2 is 1.90 bits per heavy atom. The van der Waals surface area contributed by atoms with Crippen LogP contribution in [-0.2, 0) is 4.74 Å². The van der Waals surface area contributed by atoms with Crippen molar-refractivity contribution >= 4 is 6.09 Å². The third kappa shape index (κ3) is 4.63. The maximum absolute atomic E-state index is 12.1. The first kappa shape index (κ1) is 15.6. The van der Waals surface area contributed by atoms with E-state index in [4.69, 9.17) is 4.74 Å². The van der Waals surface area contributed by atoms with Gasteiger partial charge in [0.2, 0.25) is 0 Å². The van der Waals surface area contributed by atoms with Crippen molar-refractivity contribution < 1.29 is 14.6 Å². The van der Waals surface area contributed by atoms with Crippen molar-refractivity contribution in [1.82, 2.24) is 10.2 Å². The third-order valence-corrected chi connectivity index (χ3v) is 3.96. The number of nitrogens with one attached hydrogen (secondary N) is 1. The fourth-order valence-corrected chi connectivity index (χ4v) is 2.83. The molecule has 5 heteroatoms. The fourth-order valence-electron chi connectivity index (χ4n) is 2.83. The molecule has 1 aliphatic carbocycles. The van der Waals surface area contributed by atoms with Gasteiger partial charge in [-0.1, -0.05) is 0 Å². The number of hydrogen-bond acceptors (Lipinski definition) is 4. The van der Waals surface area contributed by atoms with Gasteiger partial charge in [-0.25, -0.2) is 4.79 Å². The average Bonchev–Trinajstić information content (AvgIpc) is 2.50. The number of aliphatic hydroxyl groups is 1. The molecule has 1 amide bonds. The van der Waals surface area contributed by atoms with Gasteiger partial charge in [-0.2, -0.15) is 0 Å². The summed E-state index contributed by atoms with van der Waals surface area (Å²) in [6.07, 6.45) is 4.48. The first-order valence-electron chi connectivity index (χ1n) is 7.75. The molecule has 0 radical (unpaired) electrons. The van der Waals surface area contributed by atoms with Gasteiger partial charge in [0.25, 0.3) is 0 Å². The summed E-state index contributed by atoms with van der Waals surface area (Å²) < 4.78 is 5.43. The third-order valence-electron chi connectivity index (χ3n) is 3.96. The minimum absolute atomic E-state index is 0.114. The van der Waals surface area contributed by atoms with Crippen LogP contribution in [0.1, 0.15) is 52.9 Å². The molecule has 2 N–H and O–H groups in total. The number of nitrogens with zero attached hydrogens (tertiary/aromatic N) is 1. The summed E-state index contributed by atoms with van der Waals surface area (Å²) in [6.45, 7) is 7.22. The molecule has 1 atom stereocenters. The Kier molecular flexibility index (Phi) is 4.91. The quantitative estimate of drug-likeness (QED) is 0.813. The highest BCUT2D eigenvalue weighted by atomic mass is 16.6. The Hall–Kier alpha value is -0.810. The largest absolute Gasteiger partial charge is 0.444 e. The van der Waals surface area contributed by atoms with E-state index in [1.54, 1.807) is 0 Å². The van der Waals surface area contributed by atoms with Gasteiger partial charge in [-0.05, 0) is 52.9 Å². The van der Waals surface area contributed by atoms with Crippen LogP contribution in [0.4, 0.5) is 4.79 Å². The number of carbonyl (C=O) groups excluding carboxylic acids is 1. The van der Waals surface area contributed by atoms with Crippen molar-refractivity contribution in [3.05, 3.63) is 0 Å². The van der Waals surface area contributed by atoms with Crippen LogP contribution in [0.15, 0.2) is 0 Å². The zero-order chi connectivity index (χ0) is 14.8. The van der Waals surface area contributed by atoms with E-state index in [0.717, 1.165) is 45.2 Å². The van der Waals surface area contributed by atoms with Crippen LogP contribution in [0.25, 0.3) is 0 Å². The first-order valence-corrected chi connectivity index (χ1v) is 7.75. The van der Waals surface area contributed by atoms with Crippen molar-refractivity contribution in [2.45, 2.75) is 76.7 Å². The fraction of sp³-hybridized carbons (Fsp3) is 0.933. The number of ether oxygens (including phenoxy) is 1. The Morgan fingerprint density at radius 3 is 2.50 bits per heavy atom. The minimum atomic E-state index is -0.427. The predicted octanol–water partition coefficient (Wildman–Crippen LogP) is 1.89. The summed E-state index contributed by atoms with van der Waals surface area (Å²) >= 11 is 0. The number of carbonyl (C=O) groups is 1. The van der Waals surface area contributed by atoms with Crippen LogP contribution in [-0.4, -0.2) is 53.0 Å². The second-order valence-electron chi connectivity index (χ2n) is 7.08. The van der Waals surface area contributed by atoms with E-state index in [9.17, 15) is 9.90 Å². The van der Waals surface area contributed by atoms with Crippen LogP contribution in [0.2, 0.25) is 0 Å². The number of likely N-dealkylation sites (tertiary alicyclic amines) is 1. The topological polar surface area (TPSA) is 61.8 Å². The highest BCUT2D eigenvalue weighted by molar-refractivity contribution is 5.68. The second-order valence-corrected chi connectivity index (χ2v) is 7.08. The van der Waals surface area contributed by atoms with Gasteiger partial charge in [-0.15, -0.1) is 0 Å². The molecule has 1 saturated heterocycles. The molecular weight excluding hydrogens is 256 g/mol. The first-order chi connectivity index (χ1) is 9.33. The van der Waals surface area contributed by atoms with E-state index < -0.39 is 5.60 Å². The van der Waals surface area contributed by atoms with E-state index in [-0.39, 0.29) is 12.2 Å². The van der Waals surface area contributed by atoms with Gasteiger partial charge in [0, 0.05) is 25.2 Å². The minimum Gasteiger partial charge on any atom is -0.444 e. The van der Waals surface area contributed by atoms with Crippen LogP contribution in [0.5, 0.6) is 0 Å². The summed E-state index contributed by atoms with van der Waals surface area (Å²) in [5, 5.41) is 12.9. The number of rotatable bonds is 2. The monoisotopic (exact) mass is 284 g/mol. The lowest BCUT2D eigenvalue weighted by molar-refractivity contribution is 0.0255. The molecular formula is C15H28N2O3. The van der Waals surface area contributed by atoms with Crippen LogP contribution in [0.3, 0.4) is 0 Å². The molecule has 0 aromatic rings. The molecule has 2 rings (SSSR count). The van der Waals surface area contributed by atoms with Gasteiger partial charge >= 0.3 is 6.09 Å². The summed E-state index contributed by atoms with van der Waals surface area (Å²) in [5.41, 5.74) is -0.427. The Bertz CT molecular complexity index is 335. The molecule has 0 aromatic heterocycles. The molecule has 1 saturated carbocycles. The normalized spacial score (nSPS) is 31.4. The van der Waals surface area contributed by atoms with Gasteiger partial charge in [0.05, 0.1) is 6.10 Å². The van der Waals surface area contributed by atoms with E-state index in [1.807, 2.05) is 25.7 Å². The standard InChI is InChI=1S/C15H28N2O3/c1-15(2,3)20-14(19)17-7-4-5-11(6-8-17)16-12-9-13(18)10-12/h11-13,16,18H,4-10H2,1-3H3. The SMILES string of the molecule is CC(C)(C)OC(=O)N1CCCC(NC2CC(O)C2)CC1. The Morgan fingerprint density at radius 1 is 1.20 bits per heavy atom. The van der Waals surface area contributed by atoms with Crippen molar-refractivity contribution in [2.24, 2.45) is 0 Å². The summed E-state index contributed by atoms with van der Waals surface area (Å²) in [7, 11) is 0.